The van der Waals surface area contributed by atoms with E-state index in [1.54, 1.807) is 17.3 Å². The van der Waals surface area contributed by atoms with Crippen LogP contribution < -0.4 is 5.32 Å². The van der Waals surface area contributed by atoms with Crippen molar-refractivity contribution < 1.29 is 12.9 Å². The summed E-state index contributed by atoms with van der Waals surface area (Å²) in [6.07, 6.45) is 2.25. The van der Waals surface area contributed by atoms with E-state index >= 15 is 0 Å². The molecule has 2 atom stereocenters. The largest absolute Gasteiger partial charge is 0.361 e. The van der Waals surface area contributed by atoms with Gasteiger partial charge in [0.25, 0.3) is 0 Å². The molecule has 0 bridgehead atoms. The van der Waals surface area contributed by atoms with Crippen LogP contribution in [0.2, 0.25) is 0 Å². The number of nitrogens with zero attached hydrogens (tertiary/aromatic N) is 2. The molecule has 1 aromatic heterocycles. The minimum Gasteiger partial charge on any atom is -0.361 e. The first-order valence-electron chi connectivity index (χ1n) is 6.68. The van der Waals surface area contributed by atoms with Crippen LogP contribution in [0.15, 0.2) is 10.6 Å². The van der Waals surface area contributed by atoms with E-state index in [4.69, 9.17) is 4.52 Å². The van der Waals surface area contributed by atoms with Gasteiger partial charge in [0.05, 0.1) is 0 Å². The number of aromatic nitrogens is 1. The van der Waals surface area contributed by atoms with Gasteiger partial charge in [-0.25, -0.2) is 8.42 Å². The summed E-state index contributed by atoms with van der Waals surface area (Å²) in [5.74, 6) is 1.04. The smallest absolute Gasteiger partial charge is 0.220 e. The van der Waals surface area contributed by atoms with Crippen molar-refractivity contribution in [1.29, 1.82) is 0 Å². The molecular formula is C12H19N3O3S. The van der Waals surface area contributed by atoms with Gasteiger partial charge >= 0.3 is 0 Å². The average Bonchev–Trinajstić information content (AvgIpc) is 2.95. The van der Waals surface area contributed by atoms with Gasteiger partial charge in [-0.1, -0.05) is 5.16 Å². The van der Waals surface area contributed by atoms with Crippen LogP contribution in [0.5, 0.6) is 0 Å². The Morgan fingerprint density at radius 1 is 1.53 bits per heavy atom. The molecule has 2 saturated heterocycles. The molecule has 2 aliphatic heterocycles. The van der Waals surface area contributed by atoms with Crippen molar-refractivity contribution in [3.05, 3.63) is 17.5 Å². The molecule has 106 valence electrons. The topological polar surface area (TPSA) is 75.4 Å². The second kappa shape index (κ2) is 4.88. The number of fused-ring (bicyclic) bond motifs is 1. The summed E-state index contributed by atoms with van der Waals surface area (Å²) < 4.78 is 31.3. The van der Waals surface area contributed by atoms with E-state index in [1.165, 1.54) is 0 Å². The fourth-order valence-electron chi connectivity index (χ4n) is 3.00. The van der Waals surface area contributed by atoms with Crippen molar-refractivity contribution in [2.75, 3.05) is 19.6 Å². The zero-order valence-electron chi connectivity index (χ0n) is 11.0. The predicted molar refractivity (Wildman–Crippen MR) is 70.0 cm³/mol. The minimum atomic E-state index is -3.29. The SMILES string of the molecule is Cc1cc(CS(=O)(=O)N2CC3CCCNC3C2)no1. The zero-order valence-corrected chi connectivity index (χ0v) is 11.8. The molecule has 0 amide bonds. The van der Waals surface area contributed by atoms with Crippen LogP contribution in [0.4, 0.5) is 0 Å². The van der Waals surface area contributed by atoms with Crippen LogP contribution in [0.25, 0.3) is 0 Å². The number of piperidine rings is 1. The van der Waals surface area contributed by atoms with Crippen LogP contribution in [0, 0.1) is 12.8 Å². The molecule has 2 unspecified atom stereocenters. The molecule has 1 N–H and O–H groups in total. The van der Waals surface area contributed by atoms with Gasteiger partial charge in [-0.05, 0) is 32.2 Å². The molecule has 3 heterocycles. The van der Waals surface area contributed by atoms with Gasteiger partial charge in [0.2, 0.25) is 10.0 Å². The monoisotopic (exact) mass is 285 g/mol. The molecular weight excluding hydrogens is 266 g/mol. The summed E-state index contributed by atoms with van der Waals surface area (Å²) in [7, 11) is -3.29. The molecule has 0 spiro atoms. The summed E-state index contributed by atoms with van der Waals surface area (Å²) in [6.45, 7) is 3.98. The van der Waals surface area contributed by atoms with Crippen molar-refractivity contribution in [3.8, 4) is 0 Å². The van der Waals surface area contributed by atoms with E-state index in [1.807, 2.05) is 0 Å². The summed E-state index contributed by atoms with van der Waals surface area (Å²) in [6, 6.07) is 2.00. The molecule has 2 fully saturated rings. The Morgan fingerprint density at radius 2 is 2.37 bits per heavy atom. The number of hydrogen-bond donors (Lipinski definition) is 1. The van der Waals surface area contributed by atoms with E-state index in [0.717, 1.165) is 19.4 Å². The first-order chi connectivity index (χ1) is 9.04. The normalized spacial score (nSPS) is 28.5. The maximum absolute atomic E-state index is 12.4. The molecule has 0 aromatic carbocycles. The molecule has 7 heteroatoms. The van der Waals surface area contributed by atoms with Crippen molar-refractivity contribution in [1.82, 2.24) is 14.8 Å². The van der Waals surface area contributed by atoms with Crippen molar-refractivity contribution in [3.63, 3.8) is 0 Å². The van der Waals surface area contributed by atoms with Crippen LogP contribution in [-0.4, -0.2) is 43.6 Å². The first-order valence-corrected chi connectivity index (χ1v) is 8.29. The number of sulfonamides is 1. The number of rotatable bonds is 3. The van der Waals surface area contributed by atoms with Gasteiger partial charge in [-0.15, -0.1) is 0 Å². The van der Waals surface area contributed by atoms with Crippen LogP contribution in [0.1, 0.15) is 24.3 Å². The lowest BCUT2D eigenvalue weighted by atomic mass is 9.94. The third kappa shape index (κ3) is 2.68. The third-order valence-corrected chi connectivity index (χ3v) is 5.71. The molecule has 3 rings (SSSR count). The summed E-state index contributed by atoms with van der Waals surface area (Å²) in [5.41, 5.74) is 0.486. The molecule has 2 aliphatic rings. The highest BCUT2D eigenvalue weighted by Gasteiger charge is 2.39. The number of nitrogens with one attached hydrogen (secondary N) is 1. The molecule has 19 heavy (non-hydrogen) atoms. The highest BCUT2D eigenvalue weighted by Crippen LogP contribution is 2.27. The summed E-state index contributed by atoms with van der Waals surface area (Å²) in [4.78, 5) is 0. The lowest BCUT2D eigenvalue weighted by molar-refractivity contribution is 0.339. The standard InChI is InChI=1S/C12H19N3O3S/c1-9-5-11(14-18-9)8-19(16,17)15-6-10-3-2-4-13-12(10)7-15/h5,10,12-13H,2-4,6-8H2,1H3. The van der Waals surface area contributed by atoms with Crippen molar-refractivity contribution in [2.24, 2.45) is 5.92 Å². The van der Waals surface area contributed by atoms with Gasteiger partial charge in [0.1, 0.15) is 17.2 Å². The third-order valence-electron chi connectivity index (χ3n) is 3.97. The fourth-order valence-corrected chi connectivity index (χ4v) is 4.50. The van der Waals surface area contributed by atoms with Crippen molar-refractivity contribution >= 4 is 10.0 Å². The fraction of sp³-hybridized carbons (Fsp3) is 0.750. The number of hydrogen-bond acceptors (Lipinski definition) is 5. The van der Waals surface area contributed by atoms with Gasteiger partial charge < -0.3 is 9.84 Å². The Kier molecular flexibility index (Phi) is 3.36. The Balaban J connectivity index is 1.71. The van der Waals surface area contributed by atoms with Crippen LogP contribution in [0.3, 0.4) is 0 Å². The van der Waals surface area contributed by atoms with Gasteiger partial charge in [-0.2, -0.15) is 4.31 Å². The second-order valence-electron chi connectivity index (χ2n) is 5.47. The molecule has 0 radical (unpaired) electrons. The lowest BCUT2D eigenvalue weighted by Crippen LogP contribution is -2.41. The first kappa shape index (κ1) is 13.1. The summed E-state index contributed by atoms with van der Waals surface area (Å²) in [5, 5.41) is 7.18. The minimum absolute atomic E-state index is 0.0657. The lowest BCUT2D eigenvalue weighted by Gasteiger charge is -2.24. The van der Waals surface area contributed by atoms with E-state index in [9.17, 15) is 8.42 Å². The summed E-state index contributed by atoms with van der Waals surface area (Å²) >= 11 is 0. The molecule has 6 nitrogen and oxygen atoms in total. The Hall–Kier alpha value is -0.920. The predicted octanol–water partition coefficient (Wildman–Crippen LogP) is 0.497. The van der Waals surface area contributed by atoms with E-state index in [2.05, 4.69) is 10.5 Å². The highest BCUT2D eigenvalue weighted by molar-refractivity contribution is 7.88. The van der Waals surface area contributed by atoms with Crippen molar-refractivity contribution in [2.45, 2.75) is 31.6 Å². The van der Waals surface area contributed by atoms with Gasteiger partial charge in [0.15, 0.2) is 0 Å². The Morgan fingerprint density at radius 3 is 3.05 bits per heavy atom. The number of aryl methyl sites for hydroxylation is 1. The van der Waals surface area contributed by atoms with E-state index in [-0.39, 0.29) is 5.75 Å². The molecule has 1 aromatic rings. The van der Waals surface area contributed by atoms with Crippen LogP contribution >= 0.6 is 0 Å². The van der Waals surface area contributed by atoms with Gasteiger partial charge in [0, 0.05) is 25.2 Å². The Bertz CT molecular complexity index is 540. The van der Waals surface area contributed by atoms with E-state index in [0.29, 0.717) is 36.5 Å². The maximum atomic E-state index is 12.4. The van der Waals surface area contributed by atoms with Gasteiger partial charge in [-0.3, -0.25) is 0 Å². The average molecular weight is 285 g/mol. The second-order valence-corrected chi connectivity index (χ2v) is 7.43. The quantitative estimate of drug-likeness (QED) is 0.875. The van der Waals surface area contributed by atoms with Crippen LogP contribution in [-0.2, 0) is 15.8 Å². The molecule has 0 aliphatic carbocycles. The zero-order chi connectivity index (χ0) is 13.5. The maximum Gasteiger partial charge on any atom is 0.220 e. The Labute approximate surface area is 113 Å². The molecule has 0 saturated carbocycles. The van der Waals surface area contributed by atoms with E-state index < -0.39 is 10.0 Å². The highest BCUT2D eigenvalue weighted by atomic mass is 32.2.